The summed E-state index contributed by atoms with van der Waals surface area (Å²) in [7, 11) is 1.93. The molecule has 0 radical (unpaired) electrons. The van der Waals surface area contributed by atoms with Crippen LogP contribution in [0.1, 0.15) is 48.9 Å². The molecule has 0 unspecified atom stereocenters. The molecule has 3 aliphatic rings. The summed E-state index contributed by atoms with van der Waals surface area (Å²) < 4.78 is 1.90. The van der Waals surface area contributed by atoms with Gasteiger partial charge in [-0.1, -0.05) is 0 Å². The number of likely N-dealkylation sites (tertiary alicyclic amines) is 2. The quantitative estimate of drug-likeness (QED) is 0.894. The molecule has 4 rings (SSSR count). The minimum absolute atomic E-state index is 0.0280. The van der Waals surface area contributed by atoms with Gasteiger partial charge in [0.25, 0.3) is 5.91 Å². The third-order valence-corrected chi connectivity index (χ3v) is 6.48. The van der Waals surface area contributed by atoms with Crippen LogP contribution in [0.2, 0.25) is 0 Å². The third-order valence-electron chi connectivity index (χ3n) is 6.48. The van der Waals surface area contributed by atoms with Crippen molar-refractivity contribution in [1.82, 2.24) is 19.7 Å². The van der Waals surface area contributed by atoms with Crippen LogP contribution < -0.4 is 5.32 Å². The Kier molecular flexibility index (Phi) is 4.21. The molecule has 2 saturated heterocycles. The summed E-state index contributed by atoms with van der Waals surface area (Å²) in [6.45, 7) is 3.48. The largest absolute Gasteiger partial charge is 0.356 e. The number of carbonyl (C=O) groups is 2. The molecule has 1 atom stereocenters. The Morgan fingerprint density at radius 2 is 1.76 bits per heavy atom. The van der Waals surface area contributed by atoms with E-state index in [4.69, 9.17) is 0 Å². The smallest absolute Gasteiger partial charge is 0.319 e. The first-order chi connectivity index (χ1) is 12.1. The van der Waals surface area contributed by atoms with Gasteiger partial charge in [0.15, 0.2) is 0 Å². The molecule has 6 heteroatoms. The molecule has 136 valence electrons. The summed E-state index contributed by atoms with van der Waals surface area (Å²) in [5.41, 5.74) is 0.929. The van der Waals surface area contributed by atoms with Crippen LogP contribution in [0.3, 0.4) is 0 Å². The number of carbonyl (C=O) groups excluding carboxylic acids is 2. The van der Waals surface area contributed by atoms with Crippen molar-refractivity contribution in [3.8, 4) is 0 Å². The van der Waals surface area contributed by atoms with Crippen LogP contribution >= 0.6 is 0 Å². The molecule has 3 amide bonds. The number of nitrogens with one attached hydrogen (secondary N) is 1. The predicted molar refractivity (Wildman–Crippen MR) is 95.3 cm³/mol. The second kappa shape index (κ2) is 6.39. The summed E-state index contributed by atoms with van der Waals surface area (Å²) in [5.74, 6) is 0.0280. The number of nitrogens with zero attached hydrogens (tertiary/aromatic N) is 3. The average molecular weight is 344 g/mol. The molecule has 1 saturated carbocycles. The molecule has 1 aromatic heterocycles. The van der Waals surface area contributed by atoms with Crippen molar-refractivity contribution in [2.24, 2.45) is 12.5 Å². The van der Waals surface area contributed by atoms with Gasteiger partial charge in [0.1, 0.15) is 0 Å². The Morgan fingerprint density at radius 3 is 2.32 bits per heavy atom. The lowest BCUT2D eigenvalue weighted by molar-refractivity contribution is 0.00121. The fourth-order valence-electron chi connectivity index (χ4n) is 4.65. The van der Waals surface area contributed by atoms with Gasteiger partial charge in [0.2, 0.25) is 0 Å². The van der Waals surface area contributed by atoms with E-state index in [1.54, 1.807) is 0 Å². The average Bonchev–Trinajstić information content (AvgIpc) is 3.30. The lowest BCUT2D eigenvalue weighted by atomic mass is 9.59. The van der Waals surface area contributed by atoms with Crippen molar-refractivity contribution in [1.29, 1.82) is 0 Å². The number of aryl methyl sites for hydroxylation is 1. The Labute approximate surface area is 149 Å². The molecule has 2 aliphatic heterocycles. The first kappa shape index (κ1) is 16.5. The zero-order chi connectivity index (χ0) is 17.4. The second-order valence-electron chi connectivity index (χ2n) is 7.96. The van der Waals surface area contributed by atoms with Gasteiger partial charge >= 0.3 is 6.03 Å². The monoisotopic (exact) mass is 344 g/mol. The molecule has 1 aliphatic carbocycles. The van der Waals surface area contributed by atoms with Crippen LogP contribution in [-0.2, 0) is 7.05 Å². The highest BCUT2D eigenvalue weighted by molar-refractivity contribution is 5.94. The molecule has 3 fully saturated rings. The normalized spacial score (nSPS) is 25.1. The van der Waals surface area contributed by atoms with E-state index in [2.05, 4.69) is 5.32 Å². The van der Waals surface area contributed by atoms with E-state index in [-0.39, 0.29) is 23.4 Å². The van der Waals surface area contributed by atoms with Gasteiger partial charge in [-0.05, 0) is 50.0 Å². The lowest BCUT2D eigenvalue weighted by Crippen LogP contribution is -2.60. The topological polar surface area (TPSA) is 57.6 Å². The predicted octanol–water partition coefficient (Wildman–Crippen LogP) is 2.22. The number of aromatic nitrogens is 1. The van der Waals surface area contributed by atoms with E-state index in [1.165, 1.54) is 6.42 Å². The molecule has 1 aromatic rings. The molecule has 1 spiro atoms. The molecule has 1 N–H and O–H groups in total. The van der Waals surface area contributed by atoms with Crippen molar-refractivity contribution in [2.45, 2.75) is 44.6 Å². The maximum atomic E-state index is 12.5. The van der Waals surface area contributed by atoms with Crippen LogP contribution in [0.4, 0.5) is 4.79 Å². The van der Waals surface area contributed by atoms with Gasteiger partial charge in [-0.2, -0.15) is 0 Å². The van der Waals surface area contributed by atoms with E-state index < -0.39 is 0 Å². The Hall–Kier alpha value is -1.98. The number of hydrogen-bond acceptors (Lipinski definition) is 2. The minimum atomic E-state index is 0.0280. The van der Waals surface area contributed by atoms with Crippen LogP contribution in [0.25, 0.3) is 0 Å². The van der Waals surface area contributed by atoms with Crippen molar-refractivity contribution >= 4 is 11.9 Å². The number of piperidine rings is 1. The Bertz CT molecular complexity index is 654. The molecule has 0 aromatic carbocycles. The highest BCUT2D eigenvalue weighted by atomic mass is 16.2. The van der Waals surface area contributed by atoms with Crippen molar-refractivity contribution < 1.29 is 9.59 Å². The SMILES string of the molecule is Cn1ccc(C(=O)N[C@@H]2CCC23CCN(C(=O)N2CCCC2)CC3)c1. The van der Waals surface area contributed by atoms with Crippen molar-refractivity contribution in [3.63, 3.8) is 0 Å². The summed E-state index contributed by atoms with van der Waals surface area (Å²) in [5, 5.41) is 3.24. The lowest BCUT2D eigenvalue weighted by Gasteiger charge is -2.54. The van der Waals surface area contributed by atoms with E-state index in [1.807, 2.05) is 39.9 Å². The Balaban J connectivity index is 1.33. The first-order valence-electron chi connectivity index (χ1n) is 9.54. The van der Waals surface area contributed by atoms with Crippen molar-refractivity contribution in [2.75, 3.05) is 26.2 Å². The zero-order valence-electron chi connectivity index (χ0n) is 15.0. The van der Waals surface area contributed by atoms with Gasteiger partial charge < -0.3 is 19.7 Å². The molecule has 3 heterocycles. The first-order valence-corrected chi connectivity index (χ1v) is 9.54. The molecule has 6 nitrogen and oxygen atoms in total. The third kappa shape index (κ3) is 3.02. The highest BCUT2D eigenvalue weighted by Crippen LogP contribution is 2.49. The van der Waals surface area contributed by atoms with Gasteiger partial charge in [-0.15, -0.1) is 0 Å². The van der Waals surface area contributed by atoms with E-state index in [0.717, 1.165) is 63.8 Å². The van der Waals surface area contributed by atoms with Gasteiger partial charge in [-0.3, -0.25) is 4.79 Å². The maximum absolute atomic E-state index is 12.5. The summed E-state index contributed by atoms with van der Waals surface area (Å²) in [4.78, 5) is 29.0. The molecular formula is C19H28N4O2. The van der Waals surface area contributed by atoms with Gasteiger partial charge in [-0.25, -0.2) is 4.79 Å². The van der Waals surface area contributed by atoms with Crippen LogP contribution in [0.15, 0.2) is 18.5 Å². The Morgan fingerprint density at radius 1 is 1.08 bits per heavy atom. The van der Waals surface area contributed by atoms with Crippen LogP contribution in [0, 0.1) is 5.41 Å². The van der Waals surface area contributed by atoms with Gasteiger partial charge in [0.05, 0.1) is 5.56 Å². The van der Waals surface area contributed by atoms with E-state index in [0.29, 0.717) is 0 Å². The fraction of sp³-hybridized carbons (Fsp3) is 0.684. The van der Waals surface area contributed by atoms with Gasteiger partial charge in [0, 0.05) is 51.7 Å². The second-order valence-corrected chi connectivity index (χ2v) is 7.96. The summed E-state index contributed by atoms with van der Waals surface area (Å²) in [6.07, 6.45) is 10.3. The molecule has 25 heavy (non-hydrogen) atoms. The highest BCUT2D eigenvalue weighted by Gasteiger charge is 2.49. The van der Waals surface area contributed by atoms with Crippen LogP contribution in [0.5, 0.6) is 0 Å². The maximum Gasteiger partial charge on any atom is 0.319 e. The number of amides is 3. The standard InChI is InChI=1S/C19H28N4O2/c1-21-11-5-15(14-21)17(24)20-16-4-6-19(16)7-12-23(13-8-19)18(25)22-9-2-3-10-22/h5,11,14,16H,2-4,6-10,12-13H2,1H3,(H,20,24)/t16-/m1/s1. The fourth-order valence-corrected chi connectivity index (χ4v) is 4.65. The molecular weight excluding hydrogens is 316 g/mol. The van der Waals surface area contributed by atoms with E-state index in [9.17, 15) is 9.59 Å². The zero-order valence-corrected chi connectivity index (χ0v) is 15.0. The minimum Gasteiger partial charge on any atom is -0.356 e. The van der Waals surface area contributed by atoms with Crippen LogP contribution in [-0.4, -0.2) is 58.5 Å². The number of hydrogen-bond donors (Lipinski definition) is 1. The summed E-state index contributed by atoms with van der Waals surface area (Å²) in [6, 6.07) is 2.33. The van der Waals surface area contributed by atoms with Crippen molar-refractivity contribution in [3.05, 3.63) is 24.0 Å². The van der Waals surface area contributed by atoms with E-state index >= 15 is 0 Å². The molecule has 0 bridgehead atoms. The number of rotatable bonds is 2. The number of urea groups is 1. The summed E-state index contributed by atoms with van der Waals surface area (Å²) >= 11 is 0.